The van der Waals surface area contributed by atoms with Crippen LogP contribution in [0.1, 0.15) is 12.0 Å². The van der Waals surface area contributed by atoms with E-state index < -0.39 is 12.5 Å². The number of nitrogens with zero attached hydrogens (tertiary/aromatic N) is 4. The molecule has 144 valence electrons. The number of pyridine rings is 2. The molecule has 1 atom stereocenters. The number of nitrogens with one attached hydrogen (secondary N) is 2. The van der Waals surface area contributed by atoms with Crippen molar-refractivity contribution in [3.05, 3.63) is 54.5 Å². The lowest BCUT2D eigenvalue weighted by molar-refractivity contribution is 0.129. The third-order valence-corrected chi connectivity index (χ3v) is 4.11. The van der Waals surface area contributed by atoms with Crippen molar-refractivity contribution in [3.8, 4) is 11.3 Å². The van der Waals surface area contributed by atoms with Crippen LogP contribution in [0.3, 0.4) is 0 Å². The number of rotatable bonds is 6. The molecule has 0 unspecified atom stereocenters. The van der Waals surface area contributed by atoms with Crippen LogP contribution < -0.4 is 10.6 Å². The van der Waals surface area contributed by atoms with Gasteiger partial charge in [0.25, 0.3) is 6.43 Å². The number of aromatic nitrogens is 4. The van der Waals surface area contributed by atoms with Gasteiger partial charge in [-0.1, -0.05) is 6.07 Å². The summed E-state index contributed by atoms with van der Waals surface area (Å²) in [6, 6.07) is 7.88. The molecule has 1 aliphatic rings. The first-order valence-corrected chi connectivity index (χ1v) is 8.52. The Morgan fingerprint density at radius 3 is 3.00 bits per heavy atom. The third kappa shape index (κ3) is 4.05. The summed E-state index contributed by atoms with van der Waals surface area (Å²) in [6.45, 7) is 0.872. The summed E-state index contributed by atoms with van der Waals surface area (Å²) in [7, 11) is 0. The summed E-state index contributed by atoms with van der Waals surface area (Å²) in [5.41, 5.74) is 1.31. The summed E-state index contributed by atoms with van der Waals surface area (Å²) >= 11 is 0. The van der Waals surface area contributed by atoms with Crippen molar-refractivity contribution in [1.82, 2.24) is 25.1 Å². The average Bonchev–Trinajstić information content (AvgIpc) is 3.31. The Kier molecular flexibility index (Phi) is 4.83. The molecule has 0 radical (unpaired) electrons. The van der Waals surface area contributed by atoms with E-state index in [0.717, 1.165) is 5.56 Å². The molecule has 0 bridgehead atoms. The van der Waals surface area contributed by atoms with Crippen LogP contribution in [0, 0.1) is 0 Å². The van der Waals surface area contributed by atoms with Crippen LogP contribution in [0.5, 0.6) is 0 Å². The van der Waals surface area contributed by atoms with Crippen LogP contribution in [0.25, 0.3) is 11.3 Å². The lowest BCUT2D eigenvalue weighted by atomic mass is 10.2. The van der Waals surface area contributed by atoms with Crippen LogP contribution in [-0.4, -0.2) is 38.5 Å². The molecule has 3 aromatic rings. The molecule has 1 amide bonds. The molecular weight excluding hydrogens is 370 g/mol. The van der Waals surface area contributed by atoms with Gasteiger partial charge in [0.05, 0.1) is 25.0 Å². The molecule has 0 aliphatic carbocycles. The lowest BCUT2D eigenvalue weighted by Gasteiger charge is -2.08. The highest BCUT2D eigenvalue weighted by Gasteiger charge is 2.23. The minimum Gasteiger partial charge on any atom is -0.442 e. The summed E-state index contributed by atoms with van der Waals surface area (Å²) in [5.74, 6) is 0.756. The van der Waals surface area contributed by atoms with Gasteiger partial charge in [-0.05, 0) is 24.3 Å². The van der Waals surface area contributed by atoms with Crippen molar-refractivity contribution >= 4 is 17.7 Å². The number of alkyl halides is 2. The van der Waals surface area contributed by atoms with Crippen LogP contribution in [0.2, 0.25) is 0 Å². The standard InChI is InChI=1S/C18H16F2N6O2/c19-17(20)11-4-5-21-16(6-11)25-15-3-1-2-14(24-15)12-7-23-26(9-12)10-13-8-22-18(27)28-13/h1-7,9,13,17H,8,10H2,(H,22,27)(H,21,24,25)/t13-/m1/s1. The average molecular weight is 386 g/mol. The van der Waals surface area contributed by atoms with Gasteiger partial charge < -0.3 is 15.4 Å². The van der Waals surface area contributed by atoms with E-state index >= 15 is 0 Å². The molecule has 1 fully saturated rings. The second kappa shape index (κ2) is 7.59. The van der Waals surface area contributed by atoms with Gasteiger partial charge in [0.1, 0.15) is 17.7 Å². The second-order valence-corrected chi connectivity index (χ2v) is 6.17. The summed E-state index contributed by atoms with van der Waals surface area (Å²) in [5, 5.41) is 9.79. The number of cyclic esters (lactones) is 1. The van der Waals surface area contributed by atoms with Crippen LogP contribution in [0.4, 0.5) is 25.2 Å². The first-order valence-electron chi connectivity index (χ1n) is 8.52. The van der Waals surface area contributed by atoms with E-state index in [4.69, 9.17) is 4.74 Å². The van der Waals surface area contributed by atoms with E-state index in [-0.39, 0.29) is 17.5 Å². The van der Waals surface area contributed by atoms with E-state index in [2.05, 4.69) is 25.7 Å². The van der Waals surface area contributed by atoms with Crippen molar-refractivity contribution in [2.24, 2.45) is 0 Å². The molecule has 2 N–H and O–H groups in total. The quantitative estimate of drug-likeness (QED) is 0.676. The normalized spacial score (nSPS) is 16.1. The molecule has 1 aliphatic heterocycles. The fourth-order valence-electron chi connectivity index (χ4n) is 2.79. The van der Waals surface area contributed by atoms with Gasteiger partial charge in [-0.25, -0.2) is 23.5 Å². The summed E-state index contributed by atoms with van der Waals surface area (Å²) < 4.78 is 32.4. The molecule has 3 aromatic heterocycles. The van der Waals surface area contributed by atoms with Crippen molar-refractivity contribution in [2.75, 3.05) is 11.9 Å². The predicted octanol–water partition coefficient (Wildman–Crippen LogP) is 3.13. The second-order valence-electron chi connectivity index (χ2n) is 6.17. The first kappa shape index (κ1) is 17.8. The Labute approximate surface area is 158 Å². The predicted molar refractivity (Wildman–Crippen MR) is 96.2 cm³/mol. The molecule has 4 heterocycles. The number of alkyl carbamates (subject to hydrolysis) is 1. The molecule has 0 aromatic carbocycles. The van der Waals surface area contributed by atoms with E-state index in [1.807, 2.05) is 6.07 Å². The van der Waals surface area contributed by atoms with Gasteiger partial charge in [-0.15, -0.1) is 0 Å². The first-order chi connectivity index (χ1) is 13.6. The van der Waals surface area contributed by atoms with Gasteiger partial charge >= 0.3 is 6.09 Å². The maximum Gasteiger partial charge on any atom is 0.407 e. The Morgan fingerprint density at radius 2 is 2.21 bits per heavy atom. The number of anilines is 2. The van der Waals surface area contributed by atoms with E-state index in [1.54, 1.807) is 29.2 Å². The molecule has 10 heteroatoms. The third-order valence-electron chi connectivity index (χ3n) is 4.11. The highest BCUT2D eigenvalue weighted by molar-refractivity contribution is 5.69. The molecular formula is C18H16F2N6O2. The van der Waals surface area contributed by atoms with E-state index in [9.17, 15) is 13.6 Å². The van der Waals surface area contributed by atoms with Gasteiger partial charge in [0.15, 0.2) is 0 Å². The maximum atomic E-state index is 12.8. The topological polar surface area (TPSA) is 94.0 Å². The molecule has 28 heavy (non-hydrogen) atoms. The fourth-order valence-corrected chi connectivity index (χ4v) is 2.79. The lowest BCUT2D eigenvalue weighted by Crippen LogP contribution is -2.20. The van der Waals surface area contributed by atoms with Crippen molar-refractivity contribution in [3.63, 3.8) is 0 Å². The van der Waals surface area contributed by atoms with Crippen LogP contribution >= 0.6 is 0 Å². The number of hydrogen-bond acceptors (Lipinski definition) is 6. The minimum atomic E-state index is -2.57. The monoisotopic (exact) mass is 386 g/mol. The highest BCUT2D eigenvalue weighted by Crippen LogP contribution is 2.23. The highest BCUT2D eigenvalue weighted by atomic mass is 19.3. The molecule has 1 saturated heterocycles. The number of carbonyl (C=O) groups excluding carboxylic acids is 1. The SMILES string of the molecule is O=C1NC[C@H](Cn2cc(-c3cccc(Nc4cc(C(F)F)ccn4)n3)cn2)O1. The van der Waals surface area contributed by atoms with Crippen LogP contribution in [-0.2, 0) is 11.3 Å². The fraction of sp³-hybridized carbons (Fsp3) is 0.222. The number of amides is 1. The van der Waals surface area contributed by atoms with Gasteiger partial charge in [-0.2, -0.15) is 5.10 Å². The Balaban J connectivity index is 1.48. The number of hydrogen-bond donors (Lipinski definition) is 2. The Morgan fingerprint density at radius 1 is 1.32 bits per heavy atom. The Bertz CT molecular complexity index is 993. The molecule has 8 nitrogen and oxygen atoms in total. The van der Waals surface area contributed by atoms with E-state index in [1.165, 1.54) is 18.3 Å². The zero-order valence-corrected chi connectivity index (χ0v) is 14.5. The number of halogens is 2. The van der Waals surface area contributed by atoms with Gasteiger partial charge in [-0.3, -0.25) is 4.68 Å². The van der Waals surface area contributed by atoms with E-state index in [0.29, 0.717) is 24.6 Å². The summed E-state index contributed by atoms with van der Waals surface area (Å²) in [6.07, 6.45) is 1.52. The van der Waals surface area contributed by atoms with Crippen molar-refractivity contribution < 1.29 is 18.3 Å². The van der Waals surface area contributed by atoms with Crippen molar-refractivity contribution in [2.45, 2.75) is 19.1 Å². The minimum absolute atomic E-state index is 0.114. The summed E-state index contributed by atoms with van der Waals surface area (Å²) in [4.78, 5) is 19.6. The zero-order chi connectivity index (χ0) is 19.5. The molecule has 0 saturated carbocycles. The Hall–Kier alpha value is -3.56. The van der Waals surface area contributed by atoms with Crippen molar-refractivity contribution in [1.29, 1.82) is 0 Å². The number of carbonyl (C=O) groups is 1. The molecule has 4 rings (SSSR count). The van der Waals surface area contributed by atoms with Gasteiger partial charge in [0.2, 0.25) is 0 Å². The van der Waals surface area contributed by atoms with Gasteiger partial charge in [0, 0.05) is 23.5 Å². The smallest absolute Gasteiger partial charge is 0.407 e. The van der Waals surface area contributed by atoms with Crippen LogP contribution in [0.15, 0.2) is 48.9 Å². The zero-order valence-electron chi connectivity index (χ0n) is 14.5. The maximum absolute atomic E-state index is 12.8. The molecule has 0 spiro atoms. The largest absolute Gasteiger partial charge is 0.442 e. The number of ether oxygens (including phenoxy) is 1.